The standard InChI is InChI=1S/C21H22N2O4/c1-3-19(25)16-7-6-15(10-11-24)18(12-16)20(21(26)27-2)23-17-8-4-14(13-22)5-9-17/h4-9,12,20,23-24H,3,10-11H2,1-2H3. The molecule has 2 rings (SSSR count). The largest absolute Gasteiger partial charge is 0.467 e. The zero-order valence-electron chi connectivity index (χ0n) is 15.4. The number of carbonyl (C=O) groups is 2. The Morgan fingerprint density at radius 2 is 1.93 bits per heavy atom. The van der Waals surface area contributed by atoms with Gasteiger partial charge >= 0.3 is 5.97 Å². The van der Waals surface area contributed by atoms with Crippen LogP contribution < -0.4 is 5.32 Å². The average Bonchev–Trinajstić information content (AvgIpc) is 2.72. The lowest BCUT2D eigenvalue weighted by Gasteiger charge is -2.21. The van der Waals surface area contributed by atoms with Crippen LogP contribution >= 0.6 is 0 Å². The van der Waals surface area contributed by atoms with Crippen molar-refractivity contribution in [3.05, 3.63) is 64.7 Å². The number of carbonyl (C=O) groups excluding carboxylic acids is 2. The molecule has 0 fully saturated rings. The number of Topliss-reactive ketones (excluding diaryl/α,β-unsaturated/α-hetero) is 1. The second-order valence-electron chi connectivity index (χ2n) is 5.95. The summed E-state index contributed by atoms with van der Waals surface area (Å²) in [6.45, 7) is 1.69. The number of ketones is 1. The van der Waals surface area contributed by atoms with Crippen LogP contribution in [0.25, 0.3) is 0 Å². The topological polar surface area (TPSA) is 99.4 Å². The van der Waals surface area contributed by atoms with E-state index in [1.807, 2.05) is 6.07 Å². The number of ether oxygens (including phenoxy) is 1. The van der Waals surface area contributed by atoms with Crippen LogP contribution in [-0.2, 0) is 16.0 Å². The molecule has 2 N–H and O–H groups in total. The SMILES string of the molecule is CCC(=O)c1ccc(CCO)c(C(Nc2ccc(C#N)cc2)C(=O)OC)c1. The van der Waals surface area contributed by atoms with Crippen molar-refractivity contribution in [2.45, 2.75) is 25.8 Å². The number of methoxy groups -OCH3 is 1. The van der Waals surface area contributed by atoms with E-state index in [0.29, 0.717) is 35.2 Å². The minimum atomic E-state index is -0.853. The minimum Gasteiger partial charge on any atom is -0.467 e. The predicted molar refractivity (Wildman–Crippen MR) is 101 cm³/mol. The predicted octanol–water partition coefficient (Wildman–Crippen LogP) is 3.01. The van der Waals surface area contributed by atoms with E-state index in [0.717, 1.165) is 5.56 Å². The van der Waals surface area contributed by atoms with Gasteiger partial charge in [0.2, 0.25) is 0 Å². The first-order valence-electron chi connectivity index (χ1n) is 8.65. The molecule has 27 heavy (non-hydrogen) atoms. The maximum Gasteiger partial charge on any atom is 0.332 e. The number of esters is 1. The molecule has 6 heteroatoms. The number of aliphatic hydroxyl groups is 1. The molecule has 1 unspecified atom stereocenters. The van der Waals surface area contributed by atoms with Gasteiger partial charge in [0.05, 0.1) is 18.7 Å². The smallest absolute Gasteiger partial charge is 0.332 e. The van der Waals surface area contributed by atoms with Crippen LogP contribution in [-0.4, -0.2) is 30.6 Å². The Morgan fingerprint density at radius 1 is 1.22 bits per heavy atom. The van der Waals surface area contributed by atoms with Crippen molar-refractivity contribution in [3.8, 4) is 6.07 Å². The van der Waals surface area contributed by atoms with Gasteiger partial charge in [-0.2, -0.15) is 5.26 Å². The van der Waals surface area contributed by atoms with Gasteiger partial charge in [0, 0.05) is 24.3 Å². The molecule has 0 radical (unpaired) electrons. The maximum atomic E-state index is 12.5. The number of hydrogen-bond acceptors (Lipinski definition) is 6. The highest BCUT2D eigenvalue weighted by Crippen LogP contribution is 2.26. The molecular formula is C21H22N2O4. The molecule has 0 heterocycles. The average molecular weight is 366 g/mol. The van der Waals surface area contributed by atoms with Gasteiger partial charge in [-0.25, -0.2) is 4.79 Å². The Hall–Kier alpha value is -3.17. The molecule has 2 aromatic carbocycles. The first-order chi connectivity index (χ1) is 13.0. The van der Waals surface area contributed by atoms with E-state index in [2.05, 4.69) is 5.32 Å². The summed E-state index contributed by atoms with van der Waals surface area (Å²) in [5, 5.41) is 21.4. The lowest BCUT2D eigenvalue weighted by Crippen LogP contribution is -2.24. The van der Waals surface area contributed by atoms with Crippen LogP contribution in [0, 0.1) is 11.3 Å². The van der Waals surface area contributed by atoms with E-state index in [1.54, 1.807) is 49.4 Å². The number of benzene rings is 2. The number of anilines is 1. The van der Waals surface area contributed by atoms with E-state index in [1.165, 1.54) is 7.11 Å². The second kappa shape index (κ2) is 9.51. The van der Waals surface area contributed by atoms with Gasteiger partial charge in [-0.05, 0) is 47.9 Å². The van der Waals surface area contributed by atoms with Gasteiger partial charge < -0.3 is 15.2 Å². The van der Waals surface area contributed by atoms with Crippen LogP contribution in [0.4, 0.5) is 5.69 Å². The number of nitrogens with one attached hydrogen (secondary N) is 1. The summed E-state index contributed by atoms with van der Waals surface area (Å²) in [6, 6.07) is 13.0. The van der Waals surface area contributed by atoms with Gasteiger partial charge in [0.15, 0.2) is 11.8 Å². The Kier molecular flexibility index (Phi) is 7.09. The molecule has 0 aromatic heterocycles. The van der Waals surface area contributed by atoms with E-state index in [9.17, 15) is 14.7 Å². The van der Waals surface area contributed by atoms with Crippen molar-refractivity contribution in [3.63, 3.8) is 0 Å². The number of nitriles is 1. The molecule has 0 saturated carbocycles. The summed E-state index contributed by atoms with van der Waals surface area (Å²) in [4.78, 5) is 24.6. The fourth-order valence-corrected chi connectivity index (χ4v) is 2.78. The molecular weight excluding hydrogens is 344 g/mol. The first-order valence-corrected chi connectivity index (χ1v) is 8.65. The molecule has 0 aliphatic heterocycles. The number of nitrogens with zero attached hydrogens (tertiary/aromatic N) is 1. The summed E-state index contributed by atoms with van der Waals surface area (Å²) in [5.74, 6) is -0.548. The fraction of sp³-hybridized carbons (Fsp3) is 0.286. The van der Waals surface area contributed by atoms with E-state index >= 15 is 0 Å². The van der Waals surface area contributed by atoms with Gasteiger partial charge in [-0.15, -0.1) is 0 Å². The van der Waals surface area contributed by atoms with E-state index < -0.39 is 12.0 Å². The highest BCUT2D eigenvalue weighted by molar-refractivity contribution is 5.96. The molecule has 0 aliphatic rings. The van der Waals surface area contributed by atoms with Gasteiger partial charge in [-0.3, -0.25) is 4.79 Å². The summed E-state index contributed by atoms with van der Waals surface area (Å²) in [6.07, 6.45) is 0.698. The quantitative estimate of drug-likeness (QED) is 0.550. The van der Waals surface area contributed by atoms with Gasteiger partial charge in [-0.1, -0.05) is 19.1 Å². The Labute approximate surface area is 158 Å². The van der Waals surface area contributed by atoms with Crippen LogP contribution in [0.3, 0.4) is 0 Å². The van der Waals surface area contributed by atoms with Crippen LogP contribution in [0.2, 0.25) is 0 Å². The van der Waals surface area contributed by atoms with Crippen molar-refractivity contribution in [1.29, 1.82) is 5.26 Å². The number of aliphatic hydroxyl groups excluding tert-OH is 1. The number of hydrogen-bond donors (Lipinski definition) is 2. The van der Waals surface area contributed by atoms with Gasteiger partial charge in [0.1, 0.15) is 0 Å². The highest BCUT2D eigenvalue weighted by Gasteiger charge is 2.25. The lowest BCUT2D eigenvalue weighted by atomic mass is 9.93. The van der Waals surface area contributed by atoms with Crippen molar-refractivity contribution >= 4 is 17.4 Å². The zero-order valence-corrected chi connectivity index (χ0v) is 15.4. The van der Waals surface area contributed by atoms with Crippen molar-refractivity contribution in [2.24, 2.45) is 0 Å². The summed E-state index contributed by atoms with van der Waals surface area (Å²) >= 11 is 0. The van der Waals surface area contributed by atoms with Crippen molar-refractivity contribution < 1.29 is 19.4 Å². The van der Waals surface area contributed by atoms with Gasteiger partial charge in [0.25, 0.3) is 0 Å². The monoisotopic (exact) mass is 366 g/mol. The van der Waals surface area contributed by atoms with Crippen molar-refractivity contribution in [1.82, 2.24) is 0 Å². The summed E-state index contributed by atoms with van der Waals surface area (Å²) in [5.41, 5.74) is 2.98. The zero-order chi connectivity index (χ0) is 19.8. The summed E-state index contributed by atoms with van der Waals surface area (Å²) < 4.78 is 4.94. The third-order valence-electron chi connectivity index (χ3n) is 4.24. The Morgan fingerprint density at radius 3 is 2.48 bits per heavy atom. The fourth-order valence-electron chi connectivity index (χ4n) is 2.78. The molecule has 1 atom stereocenters. The highest BCUT2D eigenvalue weighted by atomic mass is 16.5. The molecule has 2 aromatic rings. The molecule has 6 nitrogen and oxygen atoms in total. The maximum absolute atomic E-state index is 12.5. The molecule has 140 valence electrons. The molecule has 0 amide bonds. The molecule has 0 saturated heterocycles. The number of rotatable bonds is 8. The van der Waals surface area contributed by atoms with Crippen molar-refractivity contribution in [2.75, 3.05) is 19.0 Å². The van der Waals surface area contributed by atoms with Crippen LogP contribution in [0.1, 0.15) is 46.4 Å². The third-order valence-corrected chi connectivity index (χ3v) is 4.24. The molecule has 0 spiro atoms. The molecule has 0 bridgehead atoms. The lowest BCUT2D eigenvalue weighted by molar-refractivity contribution is -0.141. The van der Waals surface area contributed by atoms with E-state index in [-0.39, 0.29) is 12.4 Å². The first kappa shape index (κ1) is 20.1. The van der Waals surface area contributed by atoms with Crippen LogP contribution in [0.5, 0.6) is 0 Å². The minimum absolute atomic E-state index is 0.0335. The normalized spacial score (nSPS) is 11.3. The summed E-state index contributed by atoms with van der Waals surface area (Å²) in [7, 11) is 1.29. The second-order valence-corrected chi connectivity index (χ2v) is 5.95. The molecule has 0 aliphatic carbocycles. The van der Waals surface area contributed by atoms with E-state index in [4.69, 9.17) is 10.00 Å². The van der Waals surface area contributed by atoms with Crippen LogP contribution in [0.15, 0.2) is 42.5 Å². The third kappa shape index (κ3) is 4.93. The Balaban J connectivity index is 2.48. The Bertz CT molecular complexity index is 853.